The first-order chi connectivity index (χ1) is 9.62. The van der Waals surface area contributed by atoms with Gasteiger partial charge in [0.25, 0.3) is 5.91 Å². The Balaban J connectivity index is 2.64. The highest BCUT2D eigenvalue weighted by atomic mass is 16.1. The summed E-state index contributed by atoms with van der Waals surface area (Å²) in [5.41, 5.74) is 2.73. The van der Waals surface area contributed by atoms with Crippen molar-refractivity contribution < 1.29 is 4.79 Å². The predicted molar refractivity (Wildman–Crippen MR) is 85.5 cm³/mol. The van der Waals surface area contributed by atoms with Crippen LogP contribution in [0.2, 0.25) is 0 Å². The van der Waals surface area contributed by atoms with Crippen LogP contribution >= 0.6 is 0 Å². The van der Waals surface area contributed by atoms with E-state index >= 15 is 0 Å². The van der Waals surface area contributed by atoms with Crippen LogP contribution in [-0.2, 0) is 0 Å². The van der Waals surface area contributed by atoms with Gasteiger partial charge in [-0.05, 0) is 39.1 Å². The van der Waals surface area contributed by atoms with Crippen molar-refractivity contribution in [1.29, 1.82) is 0 Å². The Morgan fingerprint density at radius 2 is 1.90 bits per heavy atom. The summed E-state index contributed by atoms with van der Waals surface area (Å²) in [7, 11) is 0. The van der Waals surface area contributed by atoms with Gasteiger partial charge in [0.1, 0.15) is 0 Å². The van der Waals surface area contributed by atoms with Gasteiger partial charge in [0, 0.05) is 25.3 Å². The second-order valence-corrected chi connectivity index (χ2v) is 4.86. The molecule has 0 aromatic heterocycles. The molecular weight excluding hydrogens is 250 g/mol. The third-order valence-electron chi connectivity index (χ3n) is 3.39. The number of carbonyl (C=O) groups excluding carboxylic acids is 1. The van der Waals surface area contributed by atoms with Gasteiger partial charge in [-0.15, -0.1) is 0 Å². The minimum atomic E-state index is -0.00296. The van der Waals surface area contributed by atoms with Gasteiger partial charge in [-0.1, -0.05) is 25.5 Å². The molecule has 1 aromatic carbocycles. The van der Waals surface area contributed by atoms with Crippen molar-refractivity contribution in [2.45, 2.75) is 27.7 Å². The standard InChI is InChI=1S/C16H27N3O/c1-5-17-15-9-8-13(4)12-14(15)16(20)18-10-11-19(6-2)7-3/h8-9,12,17H,5-7,10-11H2,1-4H3,(H,18,20). The molecule has 0 saturated heterocycles. The quantitative estimate of drug-likeness (QED) is 0.767. The van der Waals surface area contributed by atoms with E-state index in [0.29, 0.717) is 6.54 Å². The second-order valence-electron chi connectivity index (χ2n) is 4.86. The van der Waals surface area contributed by atoms with E-state index in [0.717, 1.165) is 43.0 Å². The molecule has 4 nitrogen and oxygen atoms in total. The molecule has 0 unspecified atom stereocenters. The largest absolute Gasteiger partial charge is 0.385 e. The molecule has 4 heteroatoms. The summed E-state index contributed by atoms with van der Waals surface area (Å²) in [6.07, 6.45) is 0. The first-order valence-corrected chi connectivity index (χ1v) is 7.47. The fourth-order valence-electron chi connectivity index (χ4n) is 2.15. The van der Waals surface area contributed by atoms with Gasteiger partial charge in [-0.2, -0.15) is 0 Å². The van der Waals surface area contributed by atoms with E-state index in [-0.39, 0.29) is 5.91 Å². The molecule has 0 radical (unpaired) electrons. The lowest BCUT2D eigenvalue weighted by Gasteiger charge is -2.18. The maximum absolute atomic E-state index is 12.3. The Morgan fingerprint density at radius 3 is 2.50 bits per heavy atom. The zero-order valence-corrected chi connectivity index (χ0v) is 13.1. The lowest BCUT2D eigenvalue weighted by Crippen LogP contribution is -2.35. The molecule has 0 saturated carbocycles. The molecule has 0 fully saturated rings. The molecular formula is C16H27N3O. The molecule has 0 aliphatic carbocycles. The van der Waals surface area contributed by atoms with Crippen molar-refractivity contribution >= 4 is 11.6 Å². The molecule has 1 aromatic rings. The number of nitrogens with zero attached hydrogens (tertiary/aromatic N) is 1. The molecule has 0 aliphatic rings. The maximum Gasteiger partial charge on any atom is 0.253 e. The number of anilines is 1. The molecule has 2 N–H and O–H groups in total. The van der Waals surface area contributed by atoms with Gasteiger partial charge in [0.05, 0.1) is 5.56 Å². The summed E-state index contributed by atoms with van der Waals surface area (Å²) in [6.45, 7) is 12.7. The van der Waals surface area contributed by atoms with Crippen molar-refractivity contribution in [2.24, 2.45) is 0 Å². The minimum Gasteiger partial charge on any atom is -0.385 e. The Kier molecular flexibility index (Phi) is 7.09. The summed E-state index contributed by atoms with van der Waals surface area (Å²) in [4.78, 5) is 14.6. The highest BCUT2D eigenvalue weighted by Crippen LogP contribution is 2.17. The summed E-state index contributed by atoms with van der Waals surface area (Å²) in [5.74, 6) is -0.00296. The topological polar surface area (TPSA) is 44.4 Å². The first kappa shape index (κ1) is 16.5. The van der Waals surface area contributed by atoms with Crippen LogP contribution in [0.1, 0.15) is 36.7 Å². The molecule has 0 aliphatic heterocycles. The summed E-state index contributed by atoms with van der Waals surface area (Å²) < 4.78 is 0. The van der Waals surface area contributed by atoms with Gasteiger partial charge >= 0.3 is 0 Å². The van der Waals surface area contributed by atoms with E-state index in [1.807, 2.05) is 32.0 Å². The third kappa shape index (κ3) is 4.85. The smallest absolute Gasteiger partial charge is 0.253 e. The van der Waals surface area contributed by atoms with Crippen molar-refractivity contribution in [3.05, 3.63) is 29.3 Å². The van der Waals surface area contributed by atoms with Crippen LogP contribution in [-0.4, -0.2) is 43.5 Å². The number of likely N-dealkylation sites (N-methyl/N-ethyl adjacent to an activating group) is 1. The van der Waals surface area contributed by atoms with E-state index in [2.05, 4.69) is 29.4 Å². The number of hydrogen-bond donors (Lipinski definition) is 2. The van der Waals surface area contributed by atoms with Gasteiger partial charge in [-0.3, -0.25) is 4.79 Å². The van der Waals surface area contributed by atoms with Gasteiger partial charge in [0.15, 0.2) is 0 Å². The Morgan fingerprint density at radius 1 is 1.20 bits per heavy atom. The van der Waals surface area contributed by atoms with E-state index < -0.39 is 0 Å². The monoisotopic (exact) mass is 277 g/mol. The van der Waals surface area contributed by atoms with E-state index in [1.54, 1.807) is 0 Å². The lowest BCUT2D eigenvalue weighted by atomic mass is 10.1. The molecule has 20 heavy (non-hydrogen) atoms. The molecule has 0 heterocycles. The first-order valence-electron chi connectivity index (χ1n) is 7.47. The number of amides is 1. The minimum absolute atomic E-state index is 0.00296. The van der Waals surface area contributed by atoms with Crippen LogP contribution < -0.4 is 10.6 Å². The second kappa shape index (κ2) is 8.59. The fraction of sp³-hybridized carbons (Fsp3) is 0.562. The summed E-state index contributed by atoms with van der Waals surface area (Å²) in [6, 6.07) is 5.92. The van der Waals surface area contributed by atoms with E-state index in [4.69, 9.17) is 0 Å². The number of hydrogen-bond acceptors (Lipinski definition) is 3. The molecule has 0 atom stereocenters. The van der Waals surface area contributed by atoms with Gasteiger partial charge < -0.3 is 15.5 Å². The fourth-order valence-corrected chi connectivity index (χ4v) is 2.15. The van der Waals surface area contributed by atoms with E-state index in [1.165, 1.54) is 0 Å². The van der Waals surface area contributed by atoms with Crippen molar-refractivity contribution in [1.82, 2.24) is 10.2 Å². The lowest BCUT2D eigenvalue weighted by molar-refractivity contribution is 0.0949. The van der Waals surface area contributed by atoms with Crippen LogP contribution in [0, 0.1) is 6.92 Å². The SMILES string of the molecule is CCNc1ccc(C)cc1C(=O)NCCN(CC)CC. The Labute approximate surface area is 122 Å². The van der Waals surface area contributed by atoms with Crippen LogP contribution in [0.4, 0.5) is 5.69 Å². The number of benzene rings is 1. The number of aryl methyl sites for hydroxylation is 1. The number of nitrogens with one attached hydrogen (secondary N) is 2. The van der Waals surface area contributed by atoms with Crippen LogP contribution in [0.15, 0.2) is 18.2 Å². The van der Waals surface area contributed by atoms with Gasteiger partial charge in [0.2, 0.25) is 0 Å². The number of rotatable bonds is 8. The highest BCUT2D eigenvalue weighted by Gasteiger charge is 2.11. The van der Waals surface area contributed by atoms with Gasteiger partial charge in [-0.25, -0.2) is 0 Å². The van der Waals surface area contributed by atoms with Crippen molar-refractivity contribution in [2.75, 3.05) is 38.0 Å². The number of carbonyl (C=O) groups is 1. The molecule has 0 bridgehead atoms. The summed E-state index contributed by atoms with van der Waals surface area (Å²) >= 11 is 0. The molecule has 1 amide bonds. The van der Waals surface area contributed by atoms with Crippen LogP contribution in [0.3, 0.4) is 0 Å². The zero-order chi connectivity index (χ0) is 15.0. The van der Waals surface area contributed by atoms with Crippen molar-refractivity contribution in [3.63, 3.8) is 0 Å². The van der Waals surface area contributed by atoms with E-state index in [9.17, 15) is 4.79 Å². The van der Waals surface area contributed by atoms with Crippen molar-refractivity contribution in [3.8, 4) is 0 Å². The molecule has 112 valence electrons. The molecule has 1 rings (SSSR count). The average molecular weight is 277 g/mol. The molecule has 0 spiro atoms. The van der Waals surface area contributed by atoms with Crippen LogP contribution in [0.25, 0.3) is 0 Å². The highest BCUT2D eigenvalue weighted by molar-refractivity contribution is 5.99. The third-order valence-corrected chi connectivity index (χ3v) is 3.39. The summed E-state index contributed by atoms with van der Waals surface area (Å²) in [5, 5.41) is 6.24. The van der Waals surface area contributed by atoms with Crippen LogP contribution in [0.5, 0.6) is 0 Å². The normalized spacial score (nSPS) is 10.7. The average Bonchev–Trinajstić information content (AvgIpc) is 2.45. The zero-order valence-electron chi connectivity index (χ0n) is 13.1. The maximum atomic E-state index is 12.3. The Bertz CT molecular complexity index is 428. The Hall–Kier alpha value is -1.55. The predicted octanol–water partition coefficient (Wildman–Crippen LogP) is 2.50.